The Morgan fingerprint density at radius 1 is 1.18 bits per heavy atom. The molecular weight excluding hydrogens is 374 g/mol. The van der Waals surface area contributed by atoms with Crippen LogP contribution in [0, 0.1) is 20.8 Å². The molecule has 3 rings (SSSR count). The van der Waals surface area contributed by atoms with Crippen molar-refractivity contribution in [3.63, 3.8) is 0 Å². The van der Waals surface area contributed by atoms with E-state index in [1.165, 1.54) is 16.9 Å². The van der Waals surface area contributed by atoms with Crippen LogP contribution in [-0.2, 0) is 14.3 Å². The number of hydrogen-bond acceptors (Lipinski definition) is 5. The van der Waals surface area contributed by atoms with Crippen LogP contribution in [0.2, 0.25) is 0 Å². The van der Waals surface area contributed by atoms with Crippen molar-refractivity contribution in [1.82, 2.24) is 9.55 Å². The van der Waals surface area contributed by atoms with E-state index in [2.05, 4.69) is 66.0 Å². The lowest BCUT2D eigenvalue weighted by Gasteiger charge is -2.10. The summed E-state index contributed by atoms with van der Waals surface area (Å²) in [5, 5.41) is 5.31. The summed E-state index contributed by atoms with van der Waals surface area (Å²) in [5.41, 5.74) is 6.54. The van der Waals surface area contributed by atoms with Crippen molar-refractivity contribution >= 4 is 22.4 Å². The van der Waals surface area contributed by atoms with Gasteiger partial charge in [0.05, 0.1) is 18.9 Å². The van der Waals surface area contributed by atoms with Gasteiger partial charge < -0.3 is 14.0 Å². The summed E-state index contributed by atoms with van der Waals surface area (Å²) in [6.45, 7) is 7.09. The molecule has 2 heterocycles. The van der Waals surface area contributed by atoms with Crippen LogP contribution in [0.1, 0.15) is 17.0 Å². The molecule has 1 N–H and O–H groups in total. The van der Waals surface area contributed by atoms with E-state index in [0.29, 0.717) is 18.3 Å². The van der Waals surface area contributed by atoms with Gasteiger partial charge in [0.25, 0.3) is 5.91 Å². The van der Waals surface area contributed by atoms with Crippen molar-refractivity contribution in [2.24, 2.45) is 0 Å². The number of carbonyl (C=O) groups excluding carboxylic acids is 1. The third-order valence-corrected chi connectivity index (χ3v) is 5.17. The number of methoxy groups -OCH3 is 1. The molecular formula is C21H25N3O3S. The number of carbonyl (C=O) groups is 1. The predicted octanol–water partition coefficient (Wildman–Crippen LogP) is 4.13. The number of nitrogens with one attached hydrogen (secondary N) is 1. The predicted molar refractivity (Wildman–Crippen MR) is 112 cm³/mol. The monoisotopic (exact) mass is 399 g/mol. The van der Waals surface area contributed by atoms with E-state index < -0.39 is 0 Å². The van der Waals surface area contributed by atoms with Gasteiger partial charge in [0, 0.05) is 35.1 Å². The molecule has 148 valence electrons. The van der Waals surface area contributed by atoms with Crippen molar-refractivity contribution in [2.45, 2.75) is 20.8 Å². The molecule has 0 fully saturated rings. The molecule has 0 saturated carbocycles. The third kappa shape index (κ3) is 4.67. The van der Waals surface area contributed by atoms with Crippen LogP contribution >= 0.6 is 11.3 Å². The molecule has 3 aromatic rings. The Morgan fingerprint density at radius 2 is 1.93 bits per heavy atom. The number of amides is 1. The average Bonchev–Trinajstić information content (AvgIpc) is 3.24. The van der Waals surface area contributed by atoms with Crippen LogP contribution < -0.4 is 5.32 Å². The number of ether oxygens (including phenoxy) is 2. The number of thiazole rings is 1. The number of hydrogen-bond donors (Lipinski definition) is 1. The van der Waals surface area contributed by atoms with E-state index in [9.17, 15) is 4.79 Å². The molecule has 2 aromatic heterocycles. The van der Waals surface area contributed by atoms with E-state index in [-0.39, 0.29) is 12.5 Å². The van der Waals surface area contributed by atoms with Gasteiger partial charge >= 0.3 is 0 Å². The number of aryl methyl sites for hydroxylation is 2. The van der Waals surface area contributed by atoms with Crippen LogP contribution in [-0.4, -0.2) is 42.4 Å². The first-order chi connectivity index (χ1) is 13.5. The number of benzene rings is 1. The highest BCUT2D eigenvalue weighted by Gasteiger charge is 2.15. The lowest BCUT2D eigenvalue weighted by atomic mass is 10.2. The second-order valence-corrected chi connectivity index (χ2v) is 7.45. The molecule has 0 bridgehead atoms. The Hall–Kier alpha value is -2.48. The molecule has 0 atom stereocenters. The van der Waals surface area contributed by atoms with Gasteiger partial charge in [-0.1, -0.05) is 17.7 Å². The molecule has 0 aliphatic carbocycles. The van der Waals surface area contributed by atoms with Gasteiger partial charge in [0.15, 0.2) is 5.13 Å². The fourth-order valence-corrected chi connectivity index (χ4v) is 3.76. The lowest BCUT2D eigenvalue weighted by Crippen LogP contribution is -2.19. The summed E-state index contributed by atoms with van der Waals surface area (Å²) < 4.78 is 12.3. The van der Waals surface area contributed by atoms with Crippen molar-refractivity contribution in [1.29, 1.82) is 0 Å². The highest BCUT2D eigenvalue weighted by molar-refractivity contribution is 7.14. The first-order valence-corrected chi connectivity index (χ1v) is 9.96. The summed E-state index contributed by atoms with van der Waals surface area (Å²) in [6.07, 6.45) is 0. The van der Waals surface area contributed by atoms with E-state index in [4.69, 9.17) is 9.47 Å². The van der Waals surface area contributed by atoms with E-state index in [0.717, 1.165) is 28.3 Å². The maximum atomic E-state index is 11.9. The maximum absolute atomic E-state index is 11.9. The summed E-state index contributed by atoms with van der Waals surface area (Å²) in [7, 11) is 1.59. The van der Waals surface area contributed by atoms with Gasteiger partial charge in [-0.3, -0.25) is 10.1 Å². The molecule has 0 aliphatic rings. The van der Waals surface area contributed by atoms with Crippen LogP contribution in [0.25, 0.3) is 16.9 Å². The zero-order valence-corrected chi connectivity index (χ0v) is 17.4. The fraction of sp³-hybridized carbons (Fsp3) is 0.333. The number of rotatable bonds is 8. The summed E-state index contributed by atoms with van der Waals surface area (Å²) in [5.74, 6) is -0.220. The summed E-state index contributed by atoms with van der Waals surface area (Å²) in [4.78, 5) is 16.5. The van der Waals surface area contributed by atoms with Gasteiger partial charge in [-0.2, -0.15) is 0 Å². The number of nitrogens with zero attached hydrogens (tertiary/aromatic N) is 2. The Balaban J connectivity index is 1.74. The molecule has 0 unspecified atom stereocenters. The second-order valence-electron chi connectivity index (χ2n) is 6.59. The summed E-state index contributed by atoms with van der Waals surface area (Å²) in [6, 6.07) is 10.6. The van der Waals surface area contributed by atoms with Crippen molar-refractivity contribution < 1.29 is 14.3 Å². The average molecular weight is 400 g/mol. The first-order valence-electron chi connectivity index (χ1n) is 9.08. The Kier molecular flexibility index (Phi) is 6.61. The van der Waals surface area contributed by atoms with Crippen LogP contribution in [0.15, 0.2) is 35.7 Å². The topological polar surface area (TPSA) is 65.4 Å². The zero-order valence-electron chi connectivity index (χ0n) is 16.6. The van der Waals surface area contributed by atoms with Crippen LogP contribution in [0.5, 0.6) is 0 Å². The minimum atomic E-state index is -0.220. The highest BCUT2D eigenvalue weighted by atomic mass is 32.1. The highest BCUT2D eigenvalue weighted by Crippen LogP contribution is 2.31. The molecule has 0 saturated heterocycles. The summed E-state index contributed by atoms with van der Waals surface area (Å²) >= 11 is 1.41. The number of aromatic nitrogens is 2. The lowest BCUT2D eigenvalue weighted by molar-refractivity contribution is -0.121. The van der Waals surface area contributed by atoms with Crippen molar-refractivity contribution in [3.8, 4) is 16.9 Å². The van der Waals surface area contributed by atoms with Crippen LogP contribution in [0.4, 0.5) is 5.13 Å². The van der Waals surface area contributed by atoms with Crippen LogP contribution in [0.3, 0.4) is 0 Å². The molecule has 1 amide bonds. The second kappa shape index (κ2) is 9.14. The molecule has 1 aromatic carbocycles. The minimum absolute atomic E-state index is 0.0137. The SMILES string of the molecule is COCCOCC(=O)Nc1nc(-c2cc(C)n(-c3ccc(C)cc3)c2C)cs1. The van der Waals surface area contributed by atoms with Gasteiger partial charge in [-0.25, -0.2) is 4.98 Å². The number of anilines is 1. The van der Waals surface area contributed by atoms with Gasteiger partial charge in [0.2, 0.25) is 0 Å². The smallest absolute Gasteiger partial charge is 0.252 e. The Labute approximate surface area is 169 Å². The zero-order chi connectivity index (χ0) is 20.1. The van der Waals surface area contributed by atoms with Gasteiger partial charge in [-0.05, 0) is 39.0 Å². The molecule has 0 radical (unpaired) electrons. The Bertz CT molecular complexity index is 944. The third-order valence-electron chi connectivity index (χ3n) is 4.41. The van der Waals surface area contributed by atoms with Crippen molar-refractivity contribution in [2.75, 3.05) is 32.2 Å². The standard InChI is InChI=1S/C21H25N3O3S/c1-14-5-7-17(8-6-14)24-15(2)11-18(16(24)3)19-13-28-21(22-19)23-20(25)12-27-10-9-26-4/h5-8,11,13H,9-10,12H2,1-4H3,(H,22,23,25). The quantitative estimate of drug-likeness (QED) is 0.579. The van der Waals surface area contributed by atoms with E-state index in [1.54, 1.807) is 7.11 Å². The fourth-order valence-electron chi connectivity index (χ4n) is 3.03. The molecule has 28 heavy (non-hydrogen) atoms. The normalized spacial score (nSPS) is 11.0. The molecule has 7 heteroatoms. The molecule has 0 aliphatic heterocycles. The van der Waals surface area contributed by atoms with E-state index in [1.807, 2.05) is 5.38 Å². The first kappa shape index (κ1) is 20.3. The molecule has 0 spiro atoms. The maximum Gasteiger partial charge on any atom is 0.252 e. The van der Waals surface area contributed by atoms with Crippen molar-refractivity contribution in [3.05, 3.63) is 52.7 Å². The van der Waals surface area contributed by atoms with E-state index >= 15 is 0 Å². The van der Waals surface area contributed by atoms with Gasteiger partial charge in [-0.15, -0.1) is 11.3 Å². The van der Waals surface area contributed by atoms with Gasteiger partial charge in [0.1, 0.15) is 6.61 Å². The molecule has 6 nitrogen and oxygen atoms in total. The largest absolute Gasteiger partial charge is 0.382 e. The Morgan fingerprint density at radius 3 is 2.64 bits per heavy atom. The minimum Gasteiger partial charge on any atom is -0.382 e.